The Bertz CT molecular complexity index is 896. The van der Waals surface area contributed by atoms with Crippen molar-refractivity contribution in [3.8, 4) is 11.5 Å². The van der Waals surface area contributed by atoms with Gasteiger partial charge in [0, 0.05) is 18.7 Å². The van der Waals surface area contributed by atoms with Gasteiger partial charge in [0.1, 0.15) is 11.5 Å². The topological polar surface area (TPSA) is 96.3 Å². The van der Waals surface area contributed by atoms with E-state index in [2.05, 4.69) is 0 Å². The second kappa shape index (κ2) is 8.36. The molecule has 0 unspecified atom stereocenters. The van der Waals surface area contributed by atoms with Crippen molar-refractivity contribution in [2.75, 3.05) is 20.2 Å². The third-order valence-electron chi connectivity index (χ3n) is 5.49. The molecule has 1 amide bonds. The lowest BCUT2D eigenvalue weighted by Gasteiger charge is -2.38. The van der Waals surface area contributed by atoms with E-state index in [9.17, 15) is 19.8 Å². The van der Waals surface area contributed by atoms with E-state index in [0.717, 1.165) is 5.56 Å². The van der Waals surface area contributed by atoms with Gasteiger partial charge < -0.3 is 24.6 Å². The molecule has 1 fully saturated rings. The Labute approximate surface area is 175 Å². The molecular weight excluding hydrogens is 386 g/mol. The summed E-state index contributed by atoms with van der Waals surface area (Å²) in [7, 11) is 1.58. The van der Waals surface area contributed by atoms with Crippen LogP contribution < -0.4 is 9.47 Å². The molecular formula is C23H27NO6. The van der Waals surface area contributed by atoms with Crippen LogP contribution in [0.3, 0.4) is 0 Å². The lowest BCUT2D eigenvalue weighted by atomic mass is 9.84. The number of aliphatic hydroxyl groups is 1. The molecule has 0 aromatic heterocycles. The zero-order valence-corrected chi connectivity index (χ0v) is 17.4. The number of hydrogen-bond acceptors (Lipinski definition) is 5. The number of ether oxygens (including phenoxy) is 2. The summed E-state index contributed by atoms with van der Waals surface area (Å²) in [5, 5.41) is 20.3. The van der Waals surface area contributed by atoms with Crippen molar-refractivity contribution in [2.45, 2.75) is 37.9 Å². The van der Waals surface area contributed by atoms with Gasteiger partial charge in [-0.3, -0.25) is 4.79 Å². The highest BCUT2D eigenvalue weighted by Gasteiger charge is 2.36. The highest BCUT2D eigenvalue weighted by atomic mass is 16.5. The SMILES string of the molecule is COc1ccc(C(=O)N2CCC(O)(c3ccc(OC(C)(C)C(=O)O)cc3)CC2)cc1. The predicted octanol–water partition coefficient (Wildman–Crippen LogP) is 3.06. The van der Waals surface area contributed by atoms with Crippen LogP contribution in [0.5, 0.6) is 11.5 Å². The van der Waals surface area contributed by atoms with E-state index >= 15 is 0 Å². The van der Waals surface area contributed by atoms with Gasteiger partial charge in [0.15, 0.2) is 5.60 Å². The number of hydrogen-bond donors (Lipinski definition) is 2. The first-order valence-corrected chi connectivity index (χ1v) is 9.83. The van der Waals surface area contributed by atoms with Crippen LogP contribution in [0.1, 0.15) is 42.6 Å². The monoisotopic (exact) mass is 413 g/mol. The highest BCUT2D eigenvalue weighted by Crippen LogP contribution is 2.34. The van der Waals surface area contributed by atoms with Crippen molar-refractivity contribution in [3.05, 3.63) is 59.7 Å². The Morgan fingerprint density at radius 1 is 0.967 bits per heavy atom. The van der Waals surface area contributed by atoms with Gasteiger partial charge in [-0.05, 0) is 68.7 Å². The molecule has 2 aromatic carbocycles. The lowest BCUT2D eigenvalue weighted by Crippen LogP contribution is -2.45. The average Bonchev–Trinajstić information content (AvgIpc) is 2.74. The van der Waals surface area contributed by atoms with E-state index in [1.807, 2.05) is 0 Å². The number of carboxylic acid groups (broad SMARTS) is 1. The number of amides is 1. The minimum atomic E-state index is -1.34. The van der Waals surface area contributed by atoms with Gasteiger partial charge in [0.2, 0.25) is 0 Å². The van der Waals surface area contributed by atoms with Crippen molar-refractivity contribution in [3.63, 3.8) is 0 Å². The number of carbonyl (C=O) groups excluding carboxylic acids is 1. The zero-order chi connectivity index (χ0) is 21.9. The summed E-state index contributed by atoms with van der Waals surface area (Å²) in [6, 6.07) is 13.8. The number of piperidine rings is 1. The molecule has 0 aliphatic carbocycles. The van der Waals surface area contributed by atoms with Crippen LogP contribution in [0.25, 0.3) is 0 Å². The van der Waals surface area contributed by atoms with Gasteiger partial charge in [0.25, 0.3) is 5.91 Å². The van der Waals surface area contributed by atoms with Gasteiger partial charge in [-0.1, -0.05) is 12.1 Å². The van der Waals surface area contributed by atoms with Crippen molar-refractivity contribution in [1.82, 2.24) is 4.90 Å². The number of aliphatic carboxylic acids is 1. The molecule has 0 radical (unpaired) electrons. The van der Waals surface area contributed by atoms with E-state index in [0.29, 0.717) is 43.0 Å². The second-order valence-corrected chi connectivity index (χ2v) is 7.99. The third-order valence-corrected chi connectivity index (χ3v) is 5.49. The summed E-state index contributed by atoms with van der Waals surface area (Å²) in [5.74, 6) is -0.0148. The Morgan fingerprint density at radius 2 is 1.50 bits per heavy atom. The van der Waals surface area contributed by atoms with Gasteiger partial charge in [-0.25, -0.2) is 4.79 Å². The van der Waals surface area contributed by atoms with Crippen LogP contribution in [0.15, 0.2) is 48.5 Å². The first-order valence-electron chi connectivity index (χ1n) is 9.83. The fourth-order valence-corrected chi connectivity index (χ4v) is 3.46. The molecule has 0 saturated carbocycles. The van der Waals surface area contributed by atoms with E-state index in [1.54, 1.807) is 60.5 Å². The van der Waals surface area contributed by atoms with Crippen LogP contribution >= 0.6 is 0 Å². The van der Waals surface area contributed by atoms with Crippen LogP contribution in [0, 0.1) is 0 Å². The second-order valence-electron chi connectivity index (χ2n) is 7.99. The molecule has 1 aliphatic rings. The number of methoxy groups -OCH3 is 1. The van der Waals surface area contributed by atoms with Crippen LogP contribution in [-0.4, -0.2) is 52.8 Å². The molecule has 1 heterocycles. The first-order chi connectivity index (χ1) is 14.1. The summed E-state index contributed by atoms with van der Waals surface area (Å²) in [6.07, 6.45) is 0.825. The Morgan fingerprint density at radius 3 is 2.00 bits per heavy atom. The molecule has 30 heavy (non-hydrogen) atoms. The van der Waals surface area contributed by atoms with Crippen molar-refractivity contribution in [2.24, 2.45) is 0 Å². The Kier molecular flexibility index (Phi) is 6.03. The molecule has 3 rings (SSSR count). The fraction of sp³-hybridized carbons (Fsp3) is 0.391. The van der Waals surface area contributed by atoms with E-state index in [-0.39, 0.29) is 5.91 Å². The molecule has 7 nitrogen and oxygen atoms in total. The summed E-state index contributed by atoms with van der Waals surface area (Å²) in [4.78, 5) is 25.7. The molecule has 0 atom stereocenters. The number of carboxylic acids is 1. The number of nitrogens with zero attached hydrogens (tertiary/aromatic N) is 1. The summed E-state index contributed by atoms with van der Waals surface area (Å²) >= 11 is 0. The molecule has 1 saturated heterocycles. The fourth-order valence-electron chi connectivity index (χ4n) is 3.46. The predicted molar refractivity (Wildman–Crippen MR) is 111 cm³/mol. The molecule has 160 valence electrons. The largest absolute Gasteiger partial charge is 0.497 e. The number of rotatable bonds is 6. The quantitative estimate of drug-likeness (QED) is 0.756. The van der Waals surface area contributed by atoms with Crippen molar-refractivity contribution >= 4 is 11.9 Å². The minimum absolute atomic E-state index is 0.0700. The highest BCUT2D eigenvalue weighted by molar-refractivity contribution is 5.94. The first kappa shape index (κ1) is 21.6. The normalized spacial score (nSPS) is 16.1. The van der Waals surface area contributed by atoms with E-state index in [1.165, 1.54) is 13.8 Å². The average molecular weight is 413 g/mol. The van der Waals surface area contributed by atoms with Gasteiger partial charge in [-0.2, -0.15) is 0 Å². The van der Waals surface area contributed by atoms with Gasteiger partial charge >= 0.3 is 5.97 Å². The zero-order valence-electron chi connectivity index (χ0n) is 17.4. The number of carbonyl (C=O) groups is 2. The summed E-state index contributed by atoms with van der Waals surface area (Å²) < 4.78 is 10.6. The van der Waals surface area contributed by atoms with Crippen molar-refractivity contribution < 1.29 is 29.3 Å². The molecule has 0 spiro atoms. The van der Waals surface area contributed by atoms with E-state index < -0.39 is 17.2 Å². The molecule has 7 heteroatoms. The van der Waals surface area contributed by atoms with Crippen LogP contribution in [0.2, 0.25) is 0 Å². The minimum Gasteiger partial charge on any atom is -0.497 e. The smallest absolute Gasteiger partial charge is 0.347 e. The van der Waals surface area contributed by atoms with Gasteiger partial charge in [0.05, 0.1) is 12.7 Å². The van der Waals surface area contributed by atoms with Crippen LogP contribution in [0.4, 0.5) is 0 Å². The maximum absolute atomic E-state index is 12.7. The van der Waals surface area contributed by atoms with Crippen LogP contribution in [-0.2, 0) is 10.4 Å². The molecule has 1 aliphatic heterocycles. The molecule has 2 aromatic rings. The maximum Gasteiger partial charge on any atom is 0.347 e. The summed E-state index contributed by atoms with van der Waals surface area (Å²) in [6.45, 7) is 3.83. The van der Waals surface area contributed by atoms with Crippen molar-refractivity contribution in [1.29, 1.82) is 0 Å². The van der Waals surface area contributed by atoms with Gasteiger partial charge in [-0.15, -0.1) is 0 Å². The Balaban J connectivity index is 1.63. The molecule has 2 N–H and O–H groups in total. The molecule has 0 bridgehead atoms. The number of benzene rings is 2. The summed E-state index contributed by atoms with van der Waals surface area (Å²) in [5.41, 5.74) is -1.08. The van der Waals surface area contributed by atoms with E-state index in [4.69, 9.17) is 9.47 Å². The standard InChI is InChI=1S/C23H27NO6/c1-22(2,21(26)27)30-19-10-6-17(7-11-19)23(28)12-14-24(15-13-23)20(25)16-4-8-18(29-3)9-5-16/h4-11,28H,12-15H2,1-3H3,(H,26,27). The third kappa shape index (κ3) is 4.57. The Hall–Kier alpha value is -3.06. The lowest BCUT2D eigenvalue weighted by molar-refractivity contribution is -0.152. The maximum atomic E-state index is 12.7. The number of likely N-dealkylation sites (tertiary alicyclic amines) is 1.